The van der Waals surface area contributed by atoms with E-state index in [9.17, 15) is 4.79 Å². The summed E-state index contributed by atoms with van der Waals surface area (Å²) in [6.45, 7) is 4.53. The minimum Gasteiger partial charge on any atom is -0.347 e. The minimum atomic E-state index is -0.0708. The summed E-state index contributed by atoms with van der Waals surface area (Å²) in [5.74, 6) is 2.07. The SMILES string of the molecule is Cc1cn2c(n1)CC[C@@H](NC(=O)c1ccc(-c3nc(C)no3)cc1)C2. The fourth-order valence-electron chi connectivity index (χ4n) is 3.15. The first-order valence-electron chi connectivity index (χ1n) is 8.33. The monoisotopic (exact) mass is 337 g/mol. The van der Waals surface area contributed by atoms with E-state index in [4.69, 9.17) is 4.52 Å². The number of rotatable bonds is 3. The van der Waals surface area contributed by atoms with E-state index in [1.54, 1.807) is 19.1 Å². The molecule has 25 heavy (non-hydrogen) atoms. The second-order valence-electron chi connectivity index (χ2n) is 6.38. The van der Waals surface area contributed by atoms with E-state index in [2.05, 4.69) is 25.0 Å². The second kappa shape index (κ2) is 6.16. The minimum absolute atomic E-state index is 0.0708. The molecule has 1 atom stereocenters. The van der Waals surface area contributed by atoms with Gasteiger partial charge in [0.25, 0.3) is 11.8 Å². The van der Waals surface area contributed by atoms with Gasteiger partial charge in [0.05, 0.1) is 5.69 Å². The molecule has 0 radical (unpaired) electrons. The van der Waals surface area contributed by atoms with Crippen LogP contribution in [0.1, 0.15) is 34.1 Å². The third-order valence-corrected chi connectivity index (χ3v) is 4.37. The van der Waals surface area contributed by atoms with Crippen LogP contribution in [0.2, 0.25) is 0 Å². The molecule has 7 heteroatoms. The predicted octanol–water partition coefficient (Wildman–Crippen LogP) is 2.29. The summed E-state index contributed by atoms with van der Waals surface area (Å²) in [6, 6.07) is 7.31. The Morgan fingerprint density at radius 3 is 2.76 bits per heavy atom. The van der Waals surface area contributed by atoms with E-state index < -0.39 is 0 Å². The maximum absolute atomic E-state index is 12.5. The van der Waals surface area contributed by atoms with Gasteiger partial charge in [0, 0.05) is 36.3 Å². The van der Waals surface area contributed by atoms with Crippen molar-refractivity contribution in [2.45, 2.75) is 39.3 Å². The predicted molar refractivity (Wildman–Crippen MR) is 91.0 cm³/mol. The molecular formula is C18H19N5O2. The molecule has 0 saturated heterocycles. The number of hydrogen-bond donors (Lipinski definition) is 1. The third kappa shape index (κ3) is 3.17. The van der Waals surface area contributed by atoms with Gasteiger partial charge in [-0.2, -0.15) is 4.98 Å². The maximum Gasteiger partial charge on any atom is 0.257 e. The summed E-state index contributed by atoms with van der Waals surface area (Å²) in [7, 11) is 0. The van der Waals surface area contributed by atoms with Crippen LogP contribution in [-0.2, 0) is 13.0 Å². The van der Waals surface area contributed by atoms with Gasteiger partial charge in [0.1, 0.15) is 5.82 Å². The third-order valence-electron chi connectivity index (χ3n) is 4.37. The second-order valence-corrected chi connectivity index (χ2v) is 6.38. The van der Waals surface area contributed by atoms with Crippen LogP contribution in [0, 0.1) is 13.8 Å². The number of nitrogens with one attached hydrogen (secondary N) is 1. The molecule has 4 rings (SSSR count). The summed E-state index contributed by atoms with van der Waals surface area (Å²) in [4.78, 5) is 21.2. The van der Waals surface area contributed by atoms with Crippen LogP contribution in [0.5, 0.6) is 0 Å². The van der Waals surface area contributed by atoms with Crippen molar-refractivity contribution in [1.29, 1.82) is 0 Å². The van der Waals surface area contributed by atoms with Gasteiger partial charge in [0.15, 0.2) is 5.82 Å². The average molecular weight is 337 g/mol. The molecule has 0 saturated carbocycles. The number of carbonyl (C=O) groups is 1. The molecule has 0 spiro atoms. The Balaban J connectivity index is 1.43. The molecule has 7 nitrogen and oxygen atoms in total. The first-order valence-corrected chi connectivity index (χ1v) is 8.33. The quantitative estimate of drug-likeness (QED) is 0.792. The topological polar surface area (TPSA) is 85.8 Å². The Labute approximate surface area is 145 Å². The van der Waals surface area contributed by atoms with Crippen molar-refractivity contribution < 1.29 is 9.32 Å². The first kappa shape index (κ1) is 15.6. The van der Waals surface area contributed by atoms with Crippen LogP contribution in [0.4, 0.5) is 0 Å². The Morgan fingerprint density at radius 2 is 2.04 bits per heavy atom. The van der Waals surface area contributed by atoms with Gasteiger partial charge >= 0.3 is 0 Å². The summed E-state index contributed by atoms with van der Waals surface area (Å²) < 4.78 is 7.27. The van der Waals surface area contributed by atoms with E-state index in [0.29, 0.717) is 17.3 Å². The molecule has 3 aromatic rings. The van der Waals surface area contributed by atoms with Gasteiger partial charge in [-0.1, -0.05) is 5.16 Å². The zero-order chi connectivity index (χ0) is 17.4. The standard InChI is InChI=1S/C18H19N5O2/c1-11-9-23-10-15(7-8-16(23)19-11)21-17(24)13-3-5-14(6-4-13)18-20-12(2)22-25-18/h3-6,9,15H,7-8,10H2,1-2H3,(H,21,24)/t15-/m1/s1. The summed E-state index contributed by atoms with van der Waals surface area (Å²) in [6.07, 6.45) is 3.82. The van der Waals surface area contributed by atoms with Crippen LogP contribution in [0.15, 0.2) is 35.0 Å². The van der Waals surface area contributed by atoms with Crippen LogP contribution in [-0.4, -0.2) is 31.6 Å². The molecule has 1 aromatic carbocycles. The molecule has 3 heterocycles. The van der Waals surface area contributed by atoms with E-state index in [-0.39, 0.29) is 11.9 Å². The lowest BCUT2D eigenvalue weighted by molar-refractivity contribution is 0.0927. The number of nitrogens with zero attached hydrogens (tertiary/aromatic N) is 4. The lowest BCUT2D eigenvalue weighted by Gasteiger charge is -2.24. The number of aromatic nitrogens is 4. The lowest BCUT2D eigenvalue weighted by Crippen LogP contribution is -2.40. The Morgan fingerprint density at radius 1 is 1.24 bits per heavy atom. The van der Waals surface area contributed by atoms with Gasteiger partial charge < -0.3 is 14.4 Å². The Kier molecular flexibility index (Phi) is 3.83. The molecule has 2 aromatic heterocycles. The van der Waals surface area contributed by atoms with Gasteiger partial charge in [-0.3, -0.25) is 4.79 Å². The van der Waals surface area contributed by atoms with E-state index in [1.165, 1.54) is 0 Å². The molecule has 0 aliphatic carbocycles. The largest absolute Gasteiger partial charge is 0.347 e. The number of carbonyl (C=O) groups excluding carboxylic acids is 1. The van der Waals surface area contributed by atoms with Crippen molar-refractivity contribution in [1.82, 2.24) is 25.0 Å². The number of benzene rings is 1. The highest BCUT2D eigenvalue weighted by molar-refractivity contribution is 5.94. The van der Waals surface area contributed by atoms with Crippen molar-refractivity contribution in [3.63, 3.8) is 0 Å². The lowest BCUT2D eigenvalue weighted by atomic mass is 10.1. The molecule has 1 aliphatic rings. The molecule has 128 valence electrons. The first-order chi connectivity index (χ1) is 12.1. The summed E-state index contributed by atoms with van der Waals surface area (Å²) in [5, 5.41) is 6.88. The fraction of sp³-hybridized carbons (Fsp3) is 0.333. The summed E-state index contributed by atoms with van der Waals surface area (Å²) >= 11 is 0. The number of amides is 1. The zero-order valence-corrected chi connectivity index (χ0v) is 14.2. The maximum atomic E-state index is 12.5. The molecule has 0 bridgehead atoms. The van der Waals surface area contributed by atoms with Crippen molar-refractivity contribution in [3.8, 4) is 11.5 Å². The normalized spacial score (nSPS) is 16.5. The van der Waals surface area contributed by atoms with Crippen molar-refractivity contribution in [2.24, 2.45) is 0 Å². The van der Waals surface area contributed by atoms with Crippen LogP contribution < -0.4 is 5.32 Å². The highest BCUT2D eigenvalue weighted by Gasteiger charge is 2.21. The van der Waals surface area contributed by atoms with Crippen LogP contribution in [0.25, 0.3) is 11.5 Å². The number of fused-ring (bicyclic) bond motifs is 1. The molecule has 0 unspecified atom stereocenters. The fourth-order valence-corrected chi connectivity index (χ4v) is 3.15. The highest BCUT2D eigenvalue weighted by atomic mass is 16.5. The number of aryl methyl sites for hydroxylation is 3. The Hall–Kier alpha value is -2.96. The highest BCUT2D eigenvalue weighted by Crippen LogP contribution is 2.19. The van der Waals surface area contributed by atoms with Crippen LogP contribution >= 0.6 is 0 Å². The van der Waals surface area contributed by atoms with Crippen molar-refractivity contribution in [2.75, 3.05) is 0 Å². The van der Waals surface area contributed by atoms with Crippen molar-refractivity contribution in [3.05, 3.63) is 53.4 Å². The van der Waals surface area contributed by atoms with Gasteiger partial charge in [-0.15, -0.1) is 0 Å². The van der Waals surface area contributed by atoms with Gasteiger partial charge in [0.2, 0.25) is 0 Å². The van der Waals surface area contributed by atoms with E-state index in [1.807, 2.05) is 25.3 Å². The van der Waals surface area contributed by atoms with Crippen LogP contribution in [0.3, 0.4) is 0 Å². The molecule has 1 aliphatic heterocycles. The van der Waals surface area contributed by atoms with Crippen molar-refractivity contribution >= 4 is 5.91 Å². The number of imidazole rings is 1. The summed E-state index contributed by atoms with van der Waals surface area (Å²) in [5.41, 5.74) is 2.44. The Bertz CT molecular complexity index is 910. The van der Waals surface area contributed by atoms with Gasteiger partial charge in [-0.25, -0.2) is 4.98 Å². The van der Waals surface area contributed by atoms with E-state index in [0.717, 1.165) is 36.5 Å². The van der Waals surface area contributed by atoms with Gasteiger partial charge in [-0.05, 0) is 44.5 Å². The molecule has 1 amide bonds. The molecule has 1 N–H and O–H groups in total. The molecule has 0 fully saturated rings. The zero-order valence-electron chi connectivity index (χ0n) is 14.2. The average Bonchev–Trinajstić information content (AvgIpc) is 3.19. The smallest absolute Gasteiger partial charge is 0.257 e. The van der Waals surface area contributed by atoms with E-state index >= 15 is 0 Å². The number of hydrogen-bond acceptors (Lipinski definition) is 5. The molecular weight excluding hydrogens is 318 g/mol.